The molecule has 1 saturated heterocycles. The molecule has 2 N–H and O–H groups in total. The first-order chi connectivity index (χ1) is 6.09. The van der Waals surface area contributed by atoms with Gasteiger partial charge in [-0.3, -0.25) is 0 Å². The van der Waals surface area contributed by atoms with E-state index < -0.39 is 9.05 Å². The zero-order chi connectivity index (χ0) is 9.90. The summed E-state index contributed by atoms with van der Waals surface area (Å²) in [6, 6.07) is 0. The lowest BCUT2D eigenvalue weighted by Crippen LogP contribution is -2.53. The molecule has 0 amide bonds. The Kier molecular flexibility index (Phi) is 3.87. The van der Waals surface area contributed by atoms with Crippen molar-refractivity contribution in [2.45, 2.75) is 39.2 Å². The van der Waals surface area contributed by atoms with E-state index in [1.165, 1.54) is 0 Å². The minimum Gasteiger partial charge on any atom is -0.367 e. The number of hydrogen-bond acceptors (Lipinski definition) is 4. The van der Waals surface area contributed by atoms with Gasteiger partial charge in [-0.05, 0) is 12.8 Å². The molecule has 1 heterocycles. The molecule has 2 unspecified atom stereocenters. The number of hydrogen-bond donors (Lipinski definition) is 2. The van der Waals surface area contributed by atoms with E-state index in [0.717, 1.165) is 19.3 Å². The lowest BCUT2D eigenvalue weighted by molar-refractivity contribution is -0.0872. The van der Waals surface area contributed by atoms with Crippen molar-refractivity contribution in [3.63, 3.8) is 0 Å². The molecule has 1 aliphatic heterocycles. The fraction of sp³-hybridized carbons (Fsp3) is 1.00. The second kappa shape index (κ2) is 4.52. The first-order valence-corrected chi connectivity index (χ1v) is 6.56. The Morgan fingerprint density at radius 1 is 1.38 bits per heavy atom. The molecule has 0 aromatic rings. The lowest BCUT2D eigenvalue weighted by Gasteiger charge is -2.35. The smallest absolute Gasteiger partial charge is 0.367 e. The zero-order valence-electron chi connectivity index (χ0n) is 8.19. The third-order valence-electron chi connectivity index (χ3n) is 2.41. The third kappa shape index (κ3) is 3.03. The predicted octanol–water partition coefficient (Wildman–Crippen LogP) is 0.648. The third-order valence-corrected chi connectivity index (χ3v) is 3.57. The molecular formula is C8H18O4Si. The largest absolute Gasteiger partial charge is 0.674 e. The van der Waals surface area contributed by atoms with Gasteiger partial charge in [0.25, 0.3) is 0 Å². The van der Waals surface area contributed by atoms with Gasteiger partial charge in [-0.25, -0.2) is 0 Å². The second-order valence-electron chi connectivity index (χ2n) is 3.47. The molecule has 0 radical (unpaired) electrons. The molecule has 0 spiro atoms. The van der Waals surface area contributed by atoms with Gasteiger partial charge in [0.15, 0.2) is 0 Å². The molecule has 2 atom stereocenters. The summed E-state index contributed by atoms with van der Waals surface area (Å²) >= 11 is 0. The van der Waals surface area contributed by atoms with Gasteiger partial charge >= 0.3 is 9.05 Å². The van der Waals surface area contributed by atoms with E-state index in [-0.39, 0.29) is 6.10 Å². The van der Waals surface area contributed by atoms with E-state index in [1.54, 1.807) is 0 Å². The summed E-state index contributed by atoms with van der Waals surface area (Å²) in [6.07, 6.45) is 2.78. The molecule has 1 rings (SSSR count). The molecule has 5 heteroatoms. The Balaban J connectivity index is 2.52. The normalized spacial score (nSPS) is 33.2. The van der Waals surface area contributed by atoms with Crippen LogP contribution in [-0.2, 0) is 8.85 Å². The maximum absolute atomic E-state index is 9.23. The SMILES string of the molecule is CCCC1O[Si](O)(O)OCC1CC. The van der Waals surface area contributed by atoms with Gasteiger partial charge in [0.1, 0.15) is 0 Å². The van der Waals surface area contributed by atoms with Crippen LogP contribution in [0.15, 0.2) is 0 Å². The summed E-state index contributed by atoms with van der Waals surface area (Å²) < 4.78 is 10.0. The van der Waals surface area contributed by atoms with E-state index in [2.05, 4.69) is 13.8 Å². The molecule has 78 valence electrons. The summed E-state index contributed by atoms with van der Waals surface area (Å²) in [5.74, 6) is 0.305. The molecule has 13 heavy (non-hydrogen) atoms. The Hall–Kier alpha value is 0.0569. The minimum atomic E-state index is -3.75. The number of rotatable bonds is 3. The Labute approximate surface area is 80.0 Å². The van der Waals surface area contributed by atoms with E-state index in [4.69, 9.17) is 8.85 Å². The molecular weight excluding hydrogens is 188 g/mol. The van der Waals surface area contributed by atoms with Gasteiger partial charge in [0.2, 0.25) is 0 Å². The summed E-state index contributed by atoms with van der Waals surface area (Å²) in [5, 5.41) is 0. The summed E-state index contributed by atoms with van der Waals surface area (Å²) in [5.41, 5.74) is 0. The van der Waals surface area contributed by atoms with Crippen molar-refractivity contribution in [2.75, 3.05) is 6.61 Å². The molecule has 1 fully saturated rings. The molecule has 0 aliphatic carbocycles. The standard InChI is InChI=1S/C8H18O4Si/c1-3-5-8-7(4-2)6-11-13(9,10)12-8/h7-10H,3-6H2,1-2H3. The minimum absolute atomic E-state index is 0.0367. The Morgan fingerprint density at radius 2 is 2.08 bits per heavy atom. The first-order valence-electron chi connectivity index (χ1n) is 4.85. The predicted molar refractivity (Wildman–Crippen MR) is 49.7 cm³/mol. The van der Waals surface area contributed by atoms with Crippen LogP contribution < -0.4 is 0 Å². The van der Waals surface area contributed by atoms with E-state index in [9.17, 15) is 9.59 Å². The monoisotopic (exact) mass is 206 g/mol. The van der Waals surface area contributed by atoms with Crippen molar-refractivity contribution >= 4 is 9.05 Å². The van der Waals surface area contributed by atoms with Crippen LogP contribution in [0.25, 0.3) is 0 Å². The van der Waals surface area contributed by atoms with E-state index in [0.29, 0.717) is 12.5 Å². The average molecular weight is 206 g/mol. The van der Waals surface area contributed by atoms with Gasteiger partial charge in [0, 0.05) is 12.5 Å². The van der Waals surface area contributed by atoms with Crippen molar-refractivity contribution in [1.29, 1.82) is 0 Å². The fourth-order valence-electron chi connectivity index (χ4n) is 1.61. The highest BCUT2D eigenvalue weighted by atomic mass is 28.4. The molecule has 0 aromatic heterocycles. The average Bonchev–Trinajstić information content (AvgIpc) is 2.04. The topological polar surface area (TPSA) is 58.9 Å². The van der Waals surface area contributed by atoms with E-state index in [1.807, 2.05) is 0 Å². The van der Waals surface area contributed by atoms with Crippen LogP contribution >= 0.6 is 0 Å². The summed E-state index contributed by atoms with van der Waals surface area (Å²) in [7, 11) is -3.75. The summed E-state index contributed by atoms with van der Waals surface area (Å²) in [4.78, 5) is 18.5. The second-order valence-corrected chi connectivity index (χ2v) is 5.09. The Morgan fingerprint density at radius 3 is 2.62 bits per heavy atom. The highest BCUT2D eigenvalue weighted by Gasteiger charge is 2.45. The van der Waals surface area contributed by atoms with Crippen LogP contribution in [0.5, 0.6) is 0 Å². The van der Waals surface area contributed by atoms with E-state index >= 15 is 0 Å². The van der Waals surface area contributed by atoms with Gasteiger partial charge in [0.05, 0.1) is 6.10 Å². The van der Waals surface area contributed by atoms with Crippen LogP contribution in [0.3, 0.4) is 0 Å². The molecule has 0 aromatic carbocycles. The summed E-state index contributed by atoms with van der Waals surface area (Å²) in [6.45, 7) is 4.53. The van der Waals surface area contributed by atoms with Crippen molar-refractivity contribution in [3.05, 3.63) is 0 Å². The molecule has 1 aliphatic rings. The fourth-order valence-corrected chi connectivity index (χ4v) is 2.81. The highest BCUT2D eigenvalue weighted by Crippen LogP contribution is 2.25. The van der Waals surface area contributed by atoms with Crippen LogP contribution in [0.4, 0.5) is 0 Å². The Bertz CT molecular complexity index is 162. The highest BCUT2D eigenvalue weighted by molar-refractivity contribution is 6.50. The lowest BCUT2D eigenvalue weighted by atomic mass is 9.97. The molecule has 0 bridgehead atoms. The van der Waals surface area contributed by atoms with Gasteiger partial charge in [-0.2, -0.15) is 0 Å². The van der Waals surface area contributed by atoms with Gasteiger partial charge in [-0.15, -0.1) is 0 Å². The maximum Gasteiger partial charge on any atom is 0.674 e. The van der Waals surface area contributed by atoms with Crippen LogP contribution in [-0.4, -0.2) is 31.4 Å². The van der Waals surface area contributed by atoms with Crippen LogP contribution in [0.2, 0.25) is 0 Å². The van der Waals surface area contributed by atoms with Gasteiger partial charge in [-0.1, -0.05) is 20.3 Å². The van der Waals surface area contributed by atoms with Crippen molar-refractivity contribution in [3.8, 4) is 0 Å². The first kappa shape index (κ1) is 11.1. The van der Waals surface area contributed by atoms with Crippen molar-refractivity contribution in [2.24, 2.45) is 5.92 Å². The molecule has 0 saturated carbocycles. The van der Waals surface area contributed by atoms with Crippen LogP contribution in [0, 0.1) is 5.92 Å². The van der Waals surface area contributed by atoms with Crippen molar-refractivity contribution in [1.82, 2.24) is 0 Å². The van der Waals surface area contributed by atoms with Crippen molar-refractivity contribution < 1.29 is 18.4 Å². The van der Waals surface area contributed by atoms with Crippen LogP contribution in [0.1, 0.15) is 33.1 Å². The van der Waals surface area contributed by atoms with Gasteiger partial charge < -0.3 is 18.4 Å². The zero-order valence-corrected chi connectivity index (χ0v) is 9.19. The quantitative estimate of drug-likeness (QED) is 0.666. The maximum atomic E-state index is 9.23. The molecule has 4 nitrogen and oxygen atoms in total.